The molecule has 192 valence electrons. The van der Waals surface area contributed by atoms with Crippen LogP contribution in [0.3, 0.4) is 0 Å². The van der Waals surface area contributed by atoms with E-state index < -0.39 is 0 Å². The lowest BCUT2D eigenvalue weighted by molar-refractivity contribution is -0.165. The number of rotatable bonds is 5. The SMILES string of the molecule is N#Cc1ccc(N[C@@H]2CCN(C(=O)OC3C4CC5C[C@H]3C[C@@](C(=O)NC3CCCCC3)(C5)C4)C2)nc1. The number of carbonyl (C=O) groups excluding carboxylic acids is 2. The van der Waals surface area contributed by atoms with Crippen LogP contribution in [-0.4, -0.2) is 53.2 Å². The molecule has 3 unspecified atom stereocenters. The molecule has 1 aliphatic heterocycles. The quantitative estimate of drug-likeness (QED) is 0.639. The molecule has 8 nitrogen and oxygen atoms in total. The summed E-state index contributed by atoms with van der Waals surface area (Å²) in [7, 11) is 0. The predicted octanol–water partition coefficient (Wildman–Crippen LogP) is 4.22. The van der Waals surface area contributed by atoms with Crippen molar-refractivity contribution in [3.8, 4) is 6.07 Å². The van der Waals surface area contributed by atoms with Crippen LogP contribution in [-0.2, 0) is 9.53 Å². The van der Waals surface area contributed by atoms with E-state index in [0.717, 1.165) is 51.4 Å². The molecule has 8 heteroatoms. The van der Waals surface area contributed by atoms with Gasteiger partial charge in [0.1, 0.15) is 18.0 Å². The van der Waals surface area contributed by atoms with Gasteiger partial charge in [-0.2, -0.15) is 5.26 Å². The molecule has 2 amide bonds. The zero-order valence-corrected chi connectivity index (χ0v) is 21.0. The number of hydrogen-bond donors (Lipinski definition) is 2. The average molecular weight is 492 g/mol. The summed E-state index contributed by atoms with van der Waals surface area (Å²) in [5.41, 5.74) is 0.286. The number of likely N-dealkylation sites (tertiary alicyclic amines) is 1. The lowest BCUT2D eigenvalue weighted by atomic mass is 9.48. The maximum absolute atomic E-state index is 13.5. The van der Waals surface area contributed by atoms with Gasteiger partial charge in [0, 0.05) is 31.4 Å². The Morgan fingerprint density at radius 3 is 2.53 bits per heavy atom. The van der Waals surface area contributed by atoms with Gasteiger partial charge in [-0.1, -0.05) is 19.3 Å². The monoisotopic (exact) mass is 491 g/mol. The molecule has 5 aliphatic carbocycles. The number of nitrogens with zero attached hydrogens (tertiary/aromatic N) is 3. The highest BCUT2D eigenvalue weighted by Crippen LogP contribution is 2.61. The third-order valence-electron chi connectivity index (χ3n) is 9.54. The van der Waals surface area contributed by atoms with Crippen LogP contribution in [0, 0.1) is 34.5 Å². The molecule has 36 heavy (non-hydrogen) atoms. The Labute approximate surface area is 213 Å². The standard InChI is InChI=1S/C28H37N5O3/c29-15-18-6-7-24(30-16-18)31-23-8-9-33(17-23)27(35)36-25-20-10-19-11-21(25)14-28(12-19,13-20)26(34)32-22-4-2-1-3-5-22/h6-7,16,19-23,25H,1-5,8-14,17H2,(H,30,31)(H,32,34)/t19?,20-,21?,23+,25?,28-/m0/s1. The lowest BCUT2D eigenvalue weighted by Crippen LogP contribution is -2.60. The molecule has 1 saturated heterocycles. The van der Waals surface area contributed by atoms with Crippen molar-refractivity contribution in [3.05, 3.63) is 23.9 Å². The molecule has 0 radical (unpaired) electrons. The molecule has 6 aliphatic rings. The highest BCUT2D eigenvalue weighted by atomic mass is 16.6. The number of ether oxygens (including phenoxy) is 1. The highest BCUT2D eigenvalue weighted by Gasteiger charge is 2.59. The van der Waals surface area contributed by atoms with E-state index in [-0.39, 0.29) is 29.6 Å². The summed E-state index contributed by atoms with van der Waals surface area (Å²) in [5.74, 6) is 2.19. The number of pyridine rings is 1. The van der Waals surface area contributed by atoms with Gasteiger partial charge in [0.15, 0.2) is 0 Å². The molecule has 0 aromatic carbocycles. The number of nitriles is 1. The van der Waals surface area contributed by atoms with E-state index in [1.807, 2.05) is 0 Å². The van der Waals surface area contributed by atoms with Gasteiger partial charge >= 0.3 is 6.09 Å². The Hall–Kier alpha value is -2.82. The Balaban J connectivity index is 1.04. The molecular weight excluding hydrogens is 454 g/mol. The van der Waals surface area contributed by atoms with Crippen LogP contribution >= 0.6 is 0 Å². The van der Waals surface area contributed by atoms with Crippen LogP contribution in [0.2, 0.25) is 0 Å². The first-order valence-corrected chi connectivity index (χ1v) is 13.9. The van der Waals surface area contributed by atoms with Crippen molar-refractivity contribution in [3.63, 3.8) is 0 Å². The summed E-state index contributed by atoms with van der Waals surface area (Å²) in [6, 6.07) is 6.08. The zero-order chi connectivity index (χ0) is 24.7. The number of hydrogen-bond acceptors (Lipinski definition) is 6. The largest absolute Gasteiger partial charge is 0.446 e. The van der Waals surface area contributed by atoms with Crippen LogP contribution < -0.4 is 10.6 Å². The van der Waals surface area contributed by atoms with E-state index >= 15 is 0 Å². The molecule has 6 fully saturated rings. The molecule has 2 N–H and O–H groups in total. The van der Waals surface area contributed by atoms with Crippen molar-refractivity contribution in [1.82, 2.24) is 15.2 Å². The van der Waals surface area contributed by atoms with Crippen LogP contribution in [0.15, 0.2) is 18.3 Å². The summed E-state index contributed by atoms with van der Waals surface area (Å²) >= 11 is 0. The fourth-order valence-corrected chi connectivity index (χ4v) is 8.02. The van der Waals surface area contributed by atoms with E-state index in [4.69, 9.17) is 10.00 Å². The Morgan fingerprint density at radius 1 is 1.06 bits per heavy atom. The van der Waals surface area contributed by atoms with Gasteiger partial charge in [-0.05, 0) is 81.3 Å². The molecule has 4 bridgehead atoms. The minimum atomic E-state index is -0.242. The van der Waals surface area contributed by atoms with E-state index in [2.05, 4.69) is 21.7 Å². The first-order valence-electron chi connectivity index (χ1n) is 13.9. The number of carbonyl (C=O) groups is 2. The van der Waals surface area contributed by atoms with E-state index in [1.165, 1.54) is 19.3 Å². The second-order valence-corrected chi connectivity index (χ2v) is 12.0. The number of nitrogens with one attached hydrogen (secondary N) is 2. The molecule has 6 atom stereocenters. The Kier molecular flexibility index (Phi) is 6.27. The maximum Gasteiger partial charge on any atom is 0.410 e. The van der Waals surface area contributed by atoms with Crippen LogP contribution in [0.1, 0.15) is 76.2 Å². The summed E-state index contributed by atoms with van der Waals surface area (Å²) < 4.78 is 6.19. The van der Waals surface area contributed by atoms with Crippen LogP contribution in [0.4, 0.5) is 10.6 Å². The number of amides is 2. The van der Waals surface area contributed by atoms with Crippen LogP contribution in [0.25, 0.3) is 0 Å². The topological polar surface area (TPSA) is 107 Å². The summed E-state index contributed by atoms with van der Waals surface area (Å²) in [6.45, 7) is 1.24. The second-order valence-electron chi connectivity index (χ2n) is 12.0. The molecule has 2 heterocycles. The molecule has 1 aromatic rings. The molecule has 5 saturated carbocycles. The fourth-order valence-electron chi connectivity index (χ4n) is 8.02. The predicted molar refractivity (Wildman–Crippen MR) is 134 cm³/mol. The zero-order valence-electron chi connectivity index (χ0n) is 21.0. The third kappa shape index (κ3) is 4.53. The maximum atomic E-state index is 13.5. The van der Waals surface area contributed by atoms with Crippen molar-refractivity contribution in [2.45, 2.75) is 88.8 Å². The van der Waals surface area contributed by atoms with Gasteiger partial charge in [0.2, 0.25) is 5.91 Å². The first-order chi connectivity index (χ1) is 17.5. The lowest BCUT2D eigenvalue weighted by Gasteiger charge is -2.58. The Morgan fingerprint density at radius 2 is 1.83 bits per heavy atom. The minimum absolute atomic E-state index is 0.0585. The summed E-state index contributed by atoms with van der Waals surface area (Å²) in [5, 5.41) is 15.7. The molecule has 1 aromatic heterocycles. The second kappa shape index (κ2) is 9.57. The van der Waals surface area contributed by atoms with Gasteiger partial charge in [-0.15, -0.1) is 0 Å². The van der Waals surface area contributed by atoms with Crippen molar-refractivity contribution in [1.29, 1.82) is 5.26 Å². The number of aromatic nitrogens is 1. The molecule has 7 rings (SSSR count). The van der Waals surface area contributed by atoms with Gasteiger partial charge in [0.05, 0.1) is 11.0 Å². The van der Waals surface area contributed by atoms with Gasteiger partial charge in [0.25, 0.3) is 0 Å². The van der Waals surface area contributed by atoms with E-state index in [1.54, 1.807) is 23.2 Å². The first kappa shape index (κ1) is 23.6. The van der Waals surface area contributed by atoms with Crippen molar-refractivity contribution in [2.75, 3.05) is 18.4 Å². The van der Waals surface area contributed by atoms with Crippen molar-refractivity contribution in [2.24, 2.45) is 23.2 Å². The van der Waals surface area contributed by atoms with Gasteiger partial charge in [-0.3, -0.25) is 4.79 Å². The summed E-state index contributed by atoms with van der Waals surface area (Å²) in [6.07, 6.45) is 13.0. The Bertz CT molecular complexity index is 1010. The summed E-state index contributed by atoms with van der Waals surface area (Å²) in [4.78, 5) is 32.7. The normalized spacial score (nSPS) is 35.3. The van der Waals surface area contributed by atoms with Crippen LogP contribution in [0.5, 0.6) is 0 Å². The van der Waals surface area contributed by atoms with Gasteiger partial charge in [-0.25, -0.2) is 9.78 Å². The van der Waals surface area contributed by atoms with Crippen molar-refractivity contribution >= 4 is 17.8 Å². The van der Waals surface area contributed by atoms with E-state index in [0.29, 0.717) is 48.3 Å². The van der Waals surface area contributed by atoms with Gasteiger partial charge < -0.3 is 20.3 Å². The average Bonchev–Trinajstić information content (AvgIpc) is 3.35. The highest BCUT2D eigenvalue weighted by molar-refractivity contribution is 5.83. The third-order valence-corrected chi connectivity index (χ3v) is 9.54. The minimum Gasteiger partial charge on any atom is -0.446 e. The van der Waals surface area contributed by atoms with E-state index in [9.17, 15) is 9.59 Å². The smallest absolute Gasteiger partial charge is 0.410 e. The fraction of sp³-hybridized carbons (Fsp3) is 0.714. The molecular formula is C28H37N5O3. The number of anilines is 1. The van der Waals surface area contributed by atoms with Crippen molar-refractivity contribution < 1.29 is 14.3 Å². The molecule has 0 spiro atoms.